The Morgan fingerprint density at radius 2 is 1.90 bits per heavy atom. The molecule has 21 heavy (non-hydrogen) atoms. The molecule has 1 aliphatic carbocycles. The third-order valence-corrected chi connectivity index (χ3v) is 5.73. The minimum atomic E-state index is -0.581. The van der Waals surface area contributed by atoms with Crippen LogP contribution < -0.4 is 5.30 Å². The van der Waals surface area contributed by atoms with E-state index in [2.05, 4.69) is 86.9 Å². The van der Waals surface area contributed by atoms with Gasteiger partial charge in [-0.1, -0.05) is 99.0 Å². The van der Waals surface area contributed by atoms with E-state index in [9.17, 15) is 0 Å². The summed E-state index contributed by atoms with van der Waals surface area (Å²) in [6.45, 7) is 10.1. The van der Waals surface area contributed by atoms with Crippen LogP contribution >= 0.6 is 7.92 Å². The highest BCUT2D eigenvalue weighted by molar-refractivity contribution is 7.74. The summed E-state index contributed by atoms with van der Waals surface area (Å²) in [7, 11) is -0.581. The van der Waals surface area contributed by atoms with Crippen LogP contribution in [0.25, 0.3) is 0 Å². The van der Waals surface area contributed by atoms with Gasteiger partial charge >= 0.3 is 0 Å². The SMILES string of the molecule is C=C/C=C(\C=C)P(C1=CC(C)C=CC=C1)c1ccccc1. The molecule has 2 rings (SSSR count). The monoisotopic (exact) mass is 292 g/mol. The predicted molar refractivity (Wildman–Crippen MR) is 97.0 cm³/mol. The van der Waals surface area contributed by atoms with Crippen LogP contribution in [0.4, 0.5) is 0 Å². The molecule has 0 spiro atoms. The van der Waals surface area contributed by atoms with Crippen molar-refractivity contribution in [2.75, 3.05) is 0 Å². The molecule has 0 saturated heterocycles. The number of hydrogen-bond donors (Lipinski definition) is 0. The van der Waals surface area contributed by atoms with E-state index in [1.54, 1.807) is 0 Å². The van der Waals surface area contributed by atoms with Crippen molar-refractivity contribution in [2.24, 2.45) is 5.92 Å². The molecule has 0 bridgehead atoms. The average Bonchev–Trinajstić information content (AvgIpc) is 2.72. The molecule has 0 nitrogen and oxygen atoms in total. The van der Waals surface area contributed by atoms with Gasteiger partial charge in [-0.15, -0.1) is 0 Å². The Balaban J connectivity index is 2.53. The normalized spacial score (nSPS) is 19.6. The van der Waals surface area contributed by atoms with Crippen LogP contribution in [0.1, 0.15) is 6.92 Å². The fourth-order valence-electron chi connectivity index (χ4n) is 2.30. The van der Waals surface area contributed by atoms with Crippen LogP contribution in [-0.2, 0) is 0 Å². The maximum absolute atomic E-state index is 4.00. The van der Waals surface area contributed by atoms with Gasteiger partial charge in [0.15, 0.2) is 0 Å². The number of allylic oxidation sites excluding steroid dienone is 10. The minimum Gasteiger partial charge on any atom is -0.0990 e. The van der Waals surface area contributed by atoms with Crippen molar-refractivity contribution in [2.45, 2.75) is 6.92 Å². The first-order chi connectivity index (χ1) is 10.3. The van der Waals surface area contributed by atoms with E-state index >= 15 is 0 Å². The largest absolute Gasteiger partial charge is 0.0990 e. The van der Waals surface area contributed by atoms with Crippen molar-refractivity contribution >= 4 is 13.2 Å². The molecule has 1 aromatic carbocycles. The highest BCUT2D eigenvalue weighted by Gasteiger charge is 2.18. The second-order valence-corrected chi connectivity index (χ2v) is 7.12. The van der Waals surface area contributed by atoms with E-state index in [4.69, 9.17) is 0 Å². The number of hydrogen-bond acceptors (Lipinski definition) is 0. The van der Waals surface area contributed by atoms with Crippen molar-refractivity contribution in [3.63, 3.8) is 0 Å². The van der Waals surface area contributed by atoms with Gasteiger partial charge < -0.3 is 0 Å². The van der Waals surface area contributed by atoms with E-state index in [-0.39, 0.29) is 0 Å². The van der Waals surface area contributed by atoms with Crippen LogP contribution in [-0.4, -0.2) is 0 Å². The van der Waals surface area contributed by atoms with Crippen molar-refractivity contribution in [1.29, 1.82) is 0 Å². The summed E-state index contributed by atoms with van der Waals surface area (Å²) in [5.41, 5.74) is 0. The van der Waals surface area contributed by atoms with Crippen molar-refractivity contribution in [1.82, 2.24) is 0 Å². The van der Waals surface area contributed by atoms with Crippen molar-refractivity contribution in [3.8, 4) is 0 Å². The van der Waals surface area contributed by atoms with Crippen molar-refractivity contribution in [3.05, 3.63) is 103 Å². The first-order valence-corrected chi connectivity index (χ1v) is 8.47. The van der Waals surface area contributed by atoms with Gasteiger partial charge in [0.2, 0.25) is 0 Å². The molecule has 0 aliphatic heterocycles. The first kappa shape index (κ1) is 15.5. The Morgan fingerprint density at radius 1 is 1.14 bits per heavy atom. The Hall–Kier alpha value is -1.91. The summed E-state index contributed by atoms with van der Waals surface area (Å²) in [5, 5.41) is 3.93. The lowest BCUT2D eigenvalue weighted by atomic mass is 10.2. The molecule has 106 valence electrons. The second-order valence-electron chi connectivity index (χ2n) is 4.90. The Kier molecular flexibility index (Phi) is 5.72. The van der Waals surface area contributed by atoms with Gasteiger partial charge in [0.05, 0.1) is 0 Å². The van der Waals surface area contributed by atoms with E-state index in [1.807, 2.05) is 12.2 Å². The molecule has 1 aliphatic rings. The molecular weight excluding hydrogens is 271 g/mol. The zero-order chi connectivity index (χ0) is 15.1. The van der Waals surface area contributed by atoms with Gasteiger partial charge in [0, 0.05) is 0 Å². The molecule has 0 aromatic heterocycles. The molecule has 2 unspecified atom stereocenters. The van der Waals surface area contributed by atoms with Gasteiger partial charge in [-0.25, -0.2) is 0 Å². The molecule has 0 radical (unpaired) electrons. The molecule has 0 N–H and O–H groups in total. The van der Waals surface area contributed by atoms with Gasteiger partial charge in [-0.05, 0) is 29.8 Å². The highest BCUT2D eigenvalue weighted by Crippen LogP contribution is 2.53. The lowest BCUT2D eigenvalue weighted by molar-refractivity contribution is 0.940. The van der Waals surface area contributed by atoms with E-state index in [1.165, 1.54) is 15.9 Å². The molecule has 2 atom stereocenters. The van der Waals surface area contributed by atoms with Crippen LogP contribution in [0.3, 0.4) is 0 Å². The fourth-order valence-corrected chi connectivity index (χ4v) is 4.72. The van der Waals surface area contributed by atoms with Crippen LogP contribution in [0.15, 0.2) is 103 Å². The third-order valence-electron chi connectivity index (χ3n) is 3.25. The van der Waals surface area contributed by atoms with Gasteiger partial charge in [0.1, 0.15) is 0 Å². The van der Waals surface area contributed by atoms with Gasteiger partial charge in [-0.2, -0.15) is 0 Å². The molecule has 0 saturated carbocycles. The van der Waals surface area contributed by atoms with Crippen LogP contribution in [0.2, 0.25) is 0 Å². The quantitative estimate of drug-likeness (QED) is 0.482. The summed E-state index contributed by atoms with van der Waals surface area (Å²) in [4.78, 5) is 0. The third kappa shape index (κ3) is 4.03. The van der Waals surface area contributed by atoms with Gasteiger partial charge in [-0.3, -0.25) is 0 Å². The molecular formula is C20H21P. The summed E-state index contributed by atoms with van der Waals surface area (Å²) >= 11 is 0. The molecule has 1 aromatic rings. The smallest absolute Gasteiger partial charge is 0.00692 e. The van der Waals surface area contributed by atoms with E-state index < -0.39 is 7.92 Å². The molecule has 0 amide bonds. The summed E-state index contributed by atoms with van der Waals surface area (Å²) < 4.78 is 0. The summed E-state index contributed by atoms with van der Waals surface area (Å²) in [6, 6.07) is 10.7. The minimum absolute atomic E-state index is 0.443. The fraction of sp³-hybridized carbons (Fsp3) is 0.100. The maximum Gasteiger partial charge on any atom is -0.00692 e. The Labute approximate surface area is 129 Å². The molecule has 0 heterocycles. The zero-order valence-corrected chi connectivity index (χ0v) is 13.3. The topological polar surface area (TPSA) is 0 Å². The van der Waals surface area contributed by atoms with Gasteiger partial charge in [0.25, 0.3) is 0 Å². The predicted octanol–water partition coefficient (Wildman–Crippen LogP) is 5.70. The highest BCUT2D eigenvalue weighted by atomic mass is 31.1. The Morgan fingerprint density at radius 3 is 2.57 bits per heavy atom. The standard InChI is InChI=1S/C20H21P/c1-4-11-18(5-2)21(19-13-7-6-8-14-19)20-15-10-9-12-17(3)16-20/h4-17H,1-2H2,3H3/b18-11+. The lowest BCUT2D eigenvalue weighted by Gasteiger charge is -2.21. The van der Waals surface area contributed by atoms with E-state index in [0.717, 1.165) is 0 Å². The number of benzene rings is 1. The summed E-state index contributed by atoms with van der Waals surface area (Å²) in [5.74, 6) is 0.443. The van der Waals surface area contributed by atoms with E-state index in [0.29, 0.717) is 5.92 Å². The first-order valence-electron chi connectivity index (χ1n) is 7.13. The molecule has 0 fully saturated rings. The average molecular weight is 292 g/mol. The van der Waals surface area contributed by atoms with Crippen LogP contribution in [0, 0.1) is 5.92 Å². The van der Waals surface area contributed by atoms with Crippen molar-refractivity contribution < 1.29 is 0 Å². The number of rotatable bonds is 5. The molecule has 1 heteroatoms. The zero-order valence-electron chi connectivity index (χ0n) is 12.4. The second kappa shape index (κ2) is 7.76. The summed E-state index contributed by atoms with van der Waals surface area (Å²) in [6.07, 6.45) is 16.9. The maximum atomic E-state index is 4.00. The van der Waals surface area contributed by atoms with Crippen LogP contribution in [0.5, 0.6) is 0 Å². The lowest BCUT2D eigenvalue weighted by Crippen LogP contribution is -2.03. The Bertz CT molecular complexity index is 614.